The molecule has 1 nitrogen and oxygen atoms in total. The third kappa shape index (κ3) is 4.65. The Hall–Kier alpha value is -2.11. The van der Waals surface area contributed by atoms with E-state index in [-0.39, 0.29) is 30.1 Å². The van der Waals surface area contributed by atoms with Crippen molar-refractivity contribution in [2.45, 2.75) is 57.2 Å². The number of benzene rings is 2. The summed E-state index contributed by atoms with van der Waals surface area (Å²) in [4.78, 5) is 0. The molecule has 2 aromatic carbocycles. The smallest absolute Gasteiger partial charge is 0.426 e. The van der Waals surface area contributed by atoms with Crippen LogP contribution in [0.5, 0.6) is 5.75 Å². The normalized spacial score (nSPS) is 20.8. The Morgan fingerprint density at radius 3 is 2.11 bits per heavy atom. The first kappa shape index (κ1) is 20.6. The van der Waals surface area contributed by atoms with Crippen LogP contribution in [0.25, 0.3) is 0 Å². The first-order chi connectivity index (χ1) is 13.2. The lowest BCUT2D eigenvalue weighted by Gasteiger charge is -2.30. The van der Waals surface area contributed by atoms with Crippen LogP contribution in [0, 0.1) is 5.92 Å². The molecule has 0 aliphatic heterocycles. The minimum Gasteiger partial charge on any atom is -0.429 e. The molecule has 0 N–H and O–H groups in total. The minimum atomic E-state index is -4.15. The van der Waals surface area contributed by atoms with E-state index in [9.17, 15) is 22.0 Å². The van der Waals surface area contributed by atoms with Crippen molar-refractivity contribution in [1.82, 2.24) is 0 Å². The number of ether oxygens (including phenoxy) is 1. The number of halogens is 5. The molecule has 6 heteroatoms. The molecule has 1 saturated carbocycles. The number of hydrogen-bond acceptors (Lipinski definition) is 1. The van der Waals surface area contributed by atoms with E-state index in [1.165, 1.54) is 18.2 Å². The zero-order valence-electron chi connectivity index (χ0n) is 15.6. The van der Waals surface area contributed by atoms with E-state index < -0.39 is 18.2 Å². The van der Waals surface area contributed by atoms with Crippen molar-refractivity contribution in [3.63, 3.8) is 0 Å². The van der Waals surface area contributed by atoms with Crippen LogP contribution in [0.1, 0.15) is 55.2 Å². The van der Waals surface area contributed by atoms with Gasteiger partial charge in [0.05, 0.1) is 11.5 Å². The lowest BCUT2D eigenvalue weighted by Crippen LogP contribution is -2.27. The first-order valence-corrected chi connectivity index (χ1v) is 9.52. The molecule has 0 unspecified atom stereocenters. The molecule has 0 atom stereocenters. The largest absolute Gasteiger partial charge is 0.429 e. The quantitative estimate of drug-likeness (QED) is 0.484. The number of aryl methyl sites for hydroxylation is 1. The molecule has 28 heavy (non-hydrogen) atoms. The fraction of sp³-hybridized carbons (Fsp3) is 0.455. The summed E-state index contributed by atoms with van der Waals surface area (Å²) < 4.78 is 72.9. The highest BCUT2D eigenvalue weighted by Crippen LogP contribution is 2.44. The number of hydrogen-bond donors (Lipinski definition) is 0. The van der Waals surface area contributed by atoms with Gasteiger partial charge in [-0.25, -0.2) is 0 Å². The predicted octanol–water partition coefficient (Wildman–Crippen LogP) is 7.21. The van der Waals surface area contributed by atoms with Crippen molar-refractivity contribution in [2.24, 2.45) is 5.92 Å². The fourth-order valence-electron chi connectivity index (χ4n) is 3.89. The summed E-state index contributed by atoms with van der Waals surface area (Å²) >= 11 is 0. The Kier molecular flexibility index (Phi) is 5.96. The Morgan fingerprint density at radius 1 is 0.893 bits per heavy atom. The topological polar surface area (TPSA) is 9.23 Å². The molecule has 2 aromatic rings. The third-order valence-corrected chi connectivity index (χ3v) is 5.47. The highest BCUT2D eigenvalue weighted by molar-refractivity contribution is 5.37. The number of alkyl halides is 5. The monoisotopic (exact) mass is 398 g/mol. The van der Waals surface area contributed by atoms with E-state index in [0.717, 1.165) is 5.56 Å². The third-order valence-electron chi connectivity index (χ3n) is 5.47. The van der Waals surface area contributed by atoms with Crippen molar-refractivity contribution >= 4 is 0 Å². The van der Waals surface area contributed by atoms with Gasteiger partial charge in [0.2, 0.25) is 0 Å². The zero-order valence-corrected chi connectivity index (χ0v) is 15.6. The van der Waals surface area contributed by atoms with Crippen molar-refractivity contribution < 1.29 is 26.7 Å². The number of para-hydroxylation sites is 1. The maximum absolute atomic E-state index is 14.7. The fourth-order valence-corrected chi connectivity index (χ4v) is 3.89. The van der Waals surface area contributed by atoms with Crippen LogP contribution >= 0.6 is 0 Å². The van der Waals surface area contributed by atoms with Gasteiger partial charge in [-0.15, -0.1) is 0 Å². The highest BCUT2D eigenvalue weighted by Gasteiger charge is 2.42. The van der Waals surface area contributed by atoms with Gasteiger partial charge in [0.25, 0.3) is 0 Å². The standard InChI is InChI=1S/C22H23F5O/c1-2-15-14-17(16-8-11-18(12-9-16)21(23,24)25)10-13-20(15)22(26,27)28-19-6-4-3-5-7-19/h3-7,10,13-14,16,18H,2,8-9,11-12H2,1H3. The summed E-state index contributed by atoms with van der Waals surface area (Å²) in [6.45, 7) is 1.78. The second-order valence-electron chi connectivity index (χ2n) is 7.29. The second-order valence-corrected chi connectivity index (χ2v) is 7.29. The summed E-state index contributed by atoms with van der Waals surface area (Å²) in [6, 6.07) is 12.5. The molecule has 0 spiro atoms. The van der Waals surface area contributed by atoms with Gasteiger partial charge in [-0.3, -0.25) is 0 Å². The van der Waals surface area contributed by atoms with Gasteiger partial charge in [0, 0.05) is 0 Å². The summed E-state index contributed by atoms with van der Waals surface area (Å²) in [6.07, 6.45) is -6.24. The Bertz CT molecular complexity index is 777. The zero-order chi connectivity index (χ0) is 20.4. The van der Waals surface area contributed by atoms with Crippen LogP contribution in [0.3, 0.4) is 0 Å². The van der Waals surface area contributed by atoms with Gasteiger partial charge in [0.1, 0.15) is 5.75 Å². The van der Waals surface area contributed by atoms with Crippen LogP contribution in [0.15, 0.2) is 48.5 Å². The van der Waals surface area contributed by atoms with Crippen LogP contribution in [0.2, 0.25) is 0 Å². The van der Waals surface area contributed by atoms with Crippen LogP contribution in [-0.2, 0) is 12.5 Å². The first-order valence-electron chi connectivity index (χ1n) is 9.52. The average molecular weight is 398 g/mol. The van der Waals surface area contributed by atoms with Gasteiger partial charge in [-0.05, 0) is 67.3 Å². The van der Waals surface area contributed by atoms with Crippen molar-refractivity contribution in [3.05, 3.63) is 65.2 Å². The van der Waals surface area contributed by atoms with E-state index in [1.807, 2.05) is 0 Å². The molecule has 0 bridgehead atoms. The molecular weight excluding hydrogens is 375 g/mol. The molecule has 152 valence electrons. The van der Waals surface area contributed by atoms with E-state index in [2.05, 4.69) is 0 Å². The molecule has 0 radical (unpaired) electrons. The SMILES string of the molecule is CCc1cc(C2CCC(C(F)(F)F)CC2)ccc1C(F)(F)Oc1ccccc1. The van der Waals surface area contributed by atoms with Gasteiger partial charge < -0.3 is 4.74 Å². The van der Waals surface area contributed by atoms with Crippen molar-refractivity contribution in [3.8, 4) is 5.75 Å². The van der Waals surface area contributed by atoms with Crippen LogP contribution in [-0.4, -0.2) is 6.18 Å². The summed E-state index contributed by atoms with van der Waals surface area (Å²) in [5, 5.41) is 0. The van der Waals surface area contributed by atoms with Crippen LogP contribution < -0.4 is 4.74 Å². The van der Waals surface area contributed by atoms with Crippen LogP contribution in [0.4, 0.5) is 22.0 Å². The molecule has 0 aromatic heterocycles. The molecule has 1 aliphatic rings. The Morgan fingerprint density at radius 2 is 1.54 bits per heavy atom. The summed E-state index contributed by atoms with van der Waals surface area (Å²) in [5.41, 5.74) is 1.08. The molecule has 0 saturated heterocycles. The van der Waals surface area contributed by atoms with E-state index >= 15 is 0 Å². The molecular formula is C22H23F5O. The molecule has 1 aliphatic carbocycles. The second kappa shape index (κ2) is 8.10. The minimum absolute atomic E-state index is 0.0263. The maximum Gasteiger partial charge on any atom is 0.426 e. The molecule has 0 amide bonds. The van der Waals surface area contributed by atoms with Crippen molar-refractivity contribution in [2.75, 3.05) is 0 Å². The van der Waals surface area contributed by atoms with E-state index in [1.54, 1.807) is 37.3 Å². The Labute approximate surface area is 161 Å². The molecule has 0 heterocycles. The lowest BCUT2D eigenvalue weighted by atomic mass is 9.78. The predicted molar refractivity (Wildman–Crippen MR) is 97.5 cm³/mol. The maximum atomic E-state index is 14.7. The highest BCUT2D eigenvalue weighted by atomic mass is 19.4. The average Bonchev–Trinajstić information content (AvgIpc) is 2.67. The summed E-state index contributed by atoms with van der Waals surface area (Å²) in [5.74, 6) is -1.21. The lowest BCUT2D eigenvalue weighted by molar-refractivity contribution is -0.186. The van der Waals surface area contributed by atoms with Gasteiger partial charge in [-0.1, -0.05) is 37.3 Å². The van der Waals surface area contributed by atoms with Crippen molar-refractivity contribution in [1.29, 1.82) is 0 Å². The number of rotatable bonds is 5. The van der Waals surface area contributed by atoms with Gasteiger partial charge >= 0.3 is 12.3 Å². The van der Waals surface area contributed by atoms with E-state index in [4.69, 9.17) is 4.74 Å². The van der Waals surface area contributed by atoms with Gasteiger partial charge in [-0.2, -0.15) is 22.0 Å². The molecule has 3 rings (SSSR count). The van der Waals surface area contributed by atoms with E-state index in [0.29, 0.717) is 24.8 Å². The van der Waals surface area contributed by atoms with Gasteiger partial charge in [0.15, 0.2) is 0 Å². The molecule has 1 fully saturated rings. The Balaban J connectivity index is 1.77. The summed E-state index contributed by atoms with van der Waals surface area (Å²) in [7, 11) is 0.